The molecule has 1 aliphatic rings. The summed E-state index contributed by atoms with van der Waals surface area (Å²) >= 11 is 0. The van der Waals surface area contributed by atoms with Crippen LogP contribution in [0, 0.1) is 0 Å². The van der Waals surface area contributed by atoms with Gasteiger partial charge in [0.05, 0.1) is 11.2 Å². The van der Waals surface area contributed by atoms with Gasteiger partial charge in [-0.3, -0.25) is 4.68 Å². The van der Waals surface area contributed by atoms with Crippen LogP contribution in [0.25, 0.3) is 0 Å². The van der Waals surface area contributed by atoms with E-state index in [-0.39, 0.29) is 5.54 Å². The first-order valence-corrected chi connectivity index (χ1v) is 5.36. The van der Waals surface area contributed by atoms with Crippen molar-refractivity contribution in [2.45, 2.75) is 45.7 Å². The molecule has 0 radical (unpaired) electrons. The number of hydrogen-bond donors (Lipinski definition) is 1. The fourth-order valence-corrected chi connectivity index (χ4v) is 1.75. The van der Waals surface area contributed by atoms with Gasteiger partial charge in [-0.1, -0.05) is 0 Å². The summed E-state index contributed by atoms with van der Waals surface area (Å²) in [5.74, 6) is 0. The number of aryl methyl sites for hydroxylation is 1. The maximum Gasteiger partial charge on any atom is 0.0670 e. The van der Waals surface area contributed by atoms with E-state index in [4.69, 9.17) is 0 Å². The Morgan fingerprint density at radius 1 is 1.43 bits per heavy atom. The van der Waals surface area contributed by atoms with Gasteiger partial charge in [0.1, 0.15) is 0 Å². The highest BCUT2D eigenvalue weighted by atomic mass is 15.3. The number of rotatable bonds is 0. The highest BCUT2D eigenvalue weighted by Crippen LogP contribution is 2.18. The van der Waals surface area contributed by atoms with Gasteiger partial charge in [-0.25, -0.2) is 0 Å². The zero-order chi connectivity index (χ0) is 10.2. The van der Waals surface area contributed by atoms with Crippen molar-refractivity contribution in [3.8, 4) is 0 Å². The van der Waals surface area contributed by atoms with Crippen molar-refractivity contribution in [1.82, 2.24) is 15.1 Å². The Kier molecular flexibility index (Phi) is 2.35. The van der Waals surface area contributed by atoms with Crippen LogP contribution in [0.1, 0.15) is 38.4 Å². The standard InChI is InChI=1S/C11H19N3/c1-11(2,3)14-8-9-7-12-6-4-5-10(9)13-14/h8,12H,4-7H2,1-3H3. The molecular weight excluding hydrogens is 174 g/mol. The molecule has 2 rings (SSSR count). The topological polar surface area (TPSA) is 29.9 Å². The van der Waals surface area contributed by atoms with Crippen LogP contribution in [-0.2, 0) is 18.5 Å². The molecule has 1 aromatic rings. The molecule has 0 saturated heterocycles. The Bertz CT molecular complexity index is 296. The van der Waals surface area contributed by atoms with Gasteiger partial charge in [-0.15, -0.1) is 0 Å². The van der Waals surface area contributed by atoms with E-state index in [0.717, 1.165) is 19.5 Å². The van der Waals surface area contributed by atoms with Crippen LogP contribution in [0.4, 0.5) is 0 Å². The van der Waals surface area contributed by atoms with Crippen LogP contribution in [0.15, 0.2) is 6.20 Å². The van der Waals surface area contributed by atoms with Crippen LogP contribution in [-0.4, -0.2) is 16.3 Å². The van der Waals surface area contributed by atoms with Gasteiger partial charge >= 0.3 is 0 Å². The summed E-state index contributed by atoms with van der Waals surface area (Å²) in [4.78, 5) is 0. The largest absolute Gasteiger partial charge is 0.313 e. The quantitative estimate of drug-likeness (QED) is 0.679. The molecule has 3 heteroatoms. The third-order valence-electron chi connectivity index (χ3n) is 2.65. The van der Waals surface area contributed by atoms with Crippen molar-refractivity contribution in [3.63, 3.8) is 0 Å². The molecule has 14 heavy (non-hydrogen) atoms. The Labute approximate surface area is 85.5 Å². The molecule has 78 valence electrons. The van der Waals surface area contributed by atoms with Crippen molar-refractivity contribution >= 4 is 0 Å². The Hall–Kier alpha value is -0.830. The Balaban J connectivity index is 2.31. The van der Waals surface area contributed by atoms with E-state index in [2.05, 4.69) is 42.1 Å². The number of aromatic nitrogens is 2. The van der Waals surface area contributed by atoms with Gasteiger partial charge in [0, 0.05) is 18.3 Å². The summed E-state index contributed by atoms with van der Waals surface area (Å²) in [5.41, 5.74) is 2.76. The van der Waals surface area contributed by atoms with E-state index in [1.54, 1.807) is 0 Å². The summed E-state index contributed by atoms with van der Waals surface area (Å²) in [6.07, 6.45) is 4.51. The zero-order valence-corrected chi connectivity index (χ0v) is 9.30. The van der Waals surface area contributed by atoms with Crippen molar-refractivity contribution in [1.29, 1.82) is 0 Å². The smallest absolute Gasteiger partial charge is 0.0670 e. The molecule has 1 aliphatic heterocycles. The molecule has 3 nitrogen and oxygen atoms in total. The first-order chi connectivity index (χ1) is 6.57. The maximum absolute atomic E-state index is 4.66. The second-order valence-corrected chi connectivity index (χ2v) is 5.00. The lowest BCUT2D eigenvalue weighted by Gasteiger charge is -2.19. The third-order valence-corrected chi connectivity index (χ3v) is 2.65. The Morgan fingerprint density at radius 2 is 2.21 bits per heavy atom. The van der Waals surface area contributed by atoms with Gasteiger partial charge in [0.15, 0.2) is 0 Å². The normalized spacial score (nSPS) is 17.6. The maximum atomic E-state index is 4.66. The van der Waals surface area contributed by atoms with E-state index in [1.165, 1.54) is 17.7 Å². The van der Waals surface area contributed by atoms with Crippen molar-refractivity contribution in [2.24, 2.45) is 0 Å². The summed E-state index contributed by atoms with van der Waals surface area (Å²) < 4.78 is 2.09. The van der Waals surface area contributed by atoms with Crippen molar-refractivity contribution in [2.75, 3.05) is 6.54 Å². The number of nitrogens with one attached hydrogen (secondary N) is 1. The van der Waals surface area contributed by atoms with E-state index in [0.29, 0.717) is 0 Å². The average molecular weight is 193 g/mol. The van der Waals surface area contributed by atoms with E-state index in [1.807, 2.05) is 0 Å². The molecule has 0 atom stereocenters. The summed E-state index contributed by atoms with van der Waals surface area (Å²) in [6.45, 7) is 8.66. The van der Waals surface area contributed by atoms with Gasteiger partial charge in [0.25, 0.3) is 0 Å². The summed E-state index contributed by atoms with van der Waals surface area (Å²) in [7, 11) is 0. The molecule has 0 saturated carbocycles. The minimum absolute atomic E-state index is 0.103. The van der Waals surface area contributed by atoms with Gasteiger partial charge in [-0.05, 0) is 40.2 Å². The van der Waals surface area contributed by atoms with Crippen LogP contribution in [0.5, 0.6) is 0 Å². The number of hydrogen-bond acceptors (Lipinski definition) is 2. The first kappa shape index (κ1) is 9.71. The minimum atomic E-state index is 0.103. The molecule has 0 unspecified atom stereocenters. The van der Waals surface area contributed by atoms with Crippen LogP contribution in [0.3, 0.4) is 0 Å². The zero-order valence-electron chi connectivity index (χ0n) is 9.30. The highest BCUT2D eigenvalue weighted by Gasteiger charge is 2.18. The van der Waals surface area contributed by atoms with Gasteiger partial charge in [-0.2, -0.15) is 5.10 Å². The van der Waals surface area contributed by atoms with Crippen LogP contribution < -0.4 is 5.32 Å². The molecule has 0 amide bonds. The predicted molar refractivity (Wildman–Crippen MR) is 57.3 cm³/mol. The summed E-state index contributed by atoms with van der Waals surface area (Å²) in [6, 6.07) is 0. The lowest BCUT2D eigenvalue weighted by Crippen LogP contribution is -2.22. The molecule has 0 fully saturated rings. The molecule has 0 aromatic carbocycles. The number of fused-ring (bicyclic) bond motifs is 1. The molecule has 1 aromatic heterocycles. The average Bonchev–Trinajstić information content (AvgIpc) is 2.38. The van der Waals surface area contributed by atoms with Gasteiger partial charge < -0.3 is 5.32 Å². The highest BCUT2D eigenvalue weighted by molar-refractivity contribution is 5.19. The van der Waals surface area contributed by atoms with Crippen LogP contribution in [0.2, 0.25) is 0 Å². The Morgan fingerprint density at radius 3 is 2.93 bits per heavy atom. The molecule has 0 aliphatic carbocycles. The van der Waals surface area contributed by atoms with Gasteiger partial charge in [0.2, 0.25) is 0 Å². The number of nitrogens with zero attached hydrogens (tertiary/aromatic N) is 2. The fraction of sp³-hybridized carbons (Fsp3) is 0.727. The molecule has 1 N–H and O–H groups in total. The van der Waals surface area contributed by atoms with Crippen molar-refractivity contribution in [3.05, 3.63) is 17.5 Å². The monoisotopic (exact) mass is 193 g/mol. The SMILES string of the molecule is CC(C)(C)n1cc2c(n1)CCCNC2. The fourth-order valence-electron chi connectivity index (χ4n) is 1.75. The first-order valence-electron chi connectivity index (χ1n) is 5.36. The van der Waals surface area contributed by atoms with Crippen molar-refractivity contribution < 1.29 is 0 Å². The predicted octanol–water partition coefficient (Wildman–Crippen LogP) is 1.67. The molecule has 0 spiro atoms. The molecule has 0 bridgehead atoms. The second kappa shape index (κ2) is 3.39. The van der Waals surface area contributed by atoms with Crippen LogP contribution >= 0.6 is 0 Å². The van der Waals surface area contributed by atoms with E-state index >= 15 is 0 Å². The molecular formula is C11H19N3. The summed E-state index contributed by atoms with van der Waals surface area (Å²) in [5, 5.41) is 8.07. The van der Waals surface area contributed by atoms with E-state index in [9.17, 15) is 0 Å². The lowest BCUT2D eigenvalue weighted by atomic mass is 10.1. The van der Waals surface area contributed by atoms with E-state index < -0.39 is 0 Å². The second-order valence-electron chi connectivity index (χ2n) is 5.00. The lowest BCUT2D eigenvalue weighted by molar-refractivity contribution is 0.352. The third kappa shape index (κ3) is 1.82. The minimum Gasteiger partial charge on any atom is -0.313 e. The molecule has 2 heterocycles.